The molecule has 1 aliphatic heterocycles. The highest BCUT2D eigenvalue weighted by Crippen LogP contribution is 2.55. The number of aromatic nitrogens is 2. The van der Waals surface area contributed by atoms with Crippen molar-refractivity contribution < 1.29 is 0 Å². The fourth-order valence-corrected chi connectivity index (χ4v) is 8.08. The molecule has 6 aromatic carbocycles. The van der Waals surface area contributed by atoms with E-state index in [0.29, 0.717) is 0 Å². The molecule has 2 aromatic heterocycles. The van der Waals surface area contributed by atoms with E-state index in [2.05, 4.69) is 168 Å². The molecule has 0 spiro atoms. The van der Waals surface area contributed by atoms with Crippen LogP contribution in [-0.2, 0) is 5.41 Å². The summed E-state index contributed by atoms with van der Waals surface area (Å²) in [6.07, 6.45) is 7.24. The Labute approximate surface area is 261 Å². The molecule has 10 rings (SSSR count). The molecule has 0 saturated heterocycles. The normalized spacial score (nSPS) is 19.1. The zero-order chi connectivity index (χ0) is 29.7. The van der Waals surface area contributed by atoms with Crippen molar-refractivity contribution in [2.24, 2.45) is 0 Å². The standard InChI is InChI=1S/C42H29N3/c1-42-26-29(27-11-3-2-4-12-27)20-24-39(42)44(40-31-14-6-5-13-28(31)19-22-35(40)42)30-21-23-37-34(25-30)32-15-7-8-16-33(32)41-43-36-17-9-10-18-38(36)45(37)41/h2-26,39H,1H3. The summed E-state index contributed by atoms with van der Waals surface area (Å²) in [4.78, 5) is 7.68. The summed E-state index contributed by atoms with van der Waals surface area (Å²) in [6.45, 7) is 2.41. The fraction of sp³-hybridized carbons (Fsp3) is 0.0714. The number of hydrogen-bond donors (Lipinski definition) is 0. The van der Waals surface area contributed by atoms with Crippen molar-refractivity contribution in [2.45, 2.75) is 18.4 Å². The van der Waals surface area contributed by atoms with Gasteiger partial charge >= 0.3 is 0 Å². The molecule has 0 saturated carbocycles. The Morgan fingerprint density at radius 2 is 1.40 bits per heavy atom. The molecule has 0 radical (unpaired) electrons. The first-order chi connectivity index (χ1) is 22.2. The van der Waals surface area contributed by atoms with E-state index in [-0.39, 0.29) is 11.5 Å². The quantitative estimate of drug-likeness (QED) is 0.191. The third-order valence-corrected chi connectivity index (χ3v) is 10.2. The summed E-state index contributed by atoms with van der Waals surface area (Å²) in [7, 11) is 0. The van der Waals surface area contributed by atoms with Crippen molar-refractivity contribution in [2.75, 3.05) is 4.90 Å². The van der Waals surface area contributed by atoms with Crippen molar-refractivity contribution in [3.63, 3.8) is 0 Å². The summed E-state index contributed by atoms with van der Waals surface area (Å²) >= 11 is 0. The van der Waals surface area contributed by atoms with Crippen LogP contribution in [0.4, 0.5) is 11.4 Å². The summed E-state index contributed by atoms with van der Waals surface area (Å²) in [5, 5.41) is 6.17. The van der Waals surface area contributed by atoms with E-state index in [1.165, 1.54) is 60.5 Å². The highest BCUT2D eigenvalue weighted by molar-refractivity contribution is 6.15. The maximum Gasteiger partial charge on any atom is 0.146 e. The van der Waals surface area contributed by atoms with Crippen LogP contribution in [-0.4, -0.2) is 15.4 Å². The second-order valence-electron chi connectivity index (χ2n) is 12.6. The Balaban J connectivity index is 1.27. The number of fused-ring (bicyclic) bond motifs is 13. The van der Waals surface area contributed by atoms with Crippen molar-refractivity contribution in [3.8, 4) is 0 Å². The van der Waals surface area contributed by atoms with Crippen LogP contribution in [0.5, 0.6) is 0 Å². The number of para-hydroxylation sites is 2. The summed E-state index contributed by atoms with van der Waals surface area (Å²) in [6, 6.07) is 48.6. The molecular formula is C42H29N3. The molecular weight excluding hydrogens is 546 g/mol. The minimum absolute atomic E-state index is 0.132. The minimum Gasteiger partial charge on any atom is -0.332 e. The molecule has 3 heterocycles. The van der Waals surface area contributed by atoms with Gasteiger partial charge in [-0.05, 0) is 64.7 Å². The second kappa shape index (κ2) is 8.93. The van der Waals surface area contributed by atoms with Gasteiger partial charge in [-0.1, -0.05) is 121 Å². The lowest BCUT2D eigenvalue weighted by molar-refractivity contribution is 0.553. The monoisotopic (exact) mass is 575 g/mol. The van der Waals surface area contributed by atoms with Crippen molar-refractivity contribution in [1.82, 2.24) is 9.38 Å². The van der Waals surface area contributed by atoms with E-state index in [1.54, 1.807) is 0 Å². The maximum absolute atomic E-state index is 5.09. The van der Waals surface area contributed by atoms with Gasteiger partial charge < -0.3 is 4.90 Å². The molecule has 1 aliphatic carbocycles. The number of allylic oxidation sites excluding steroid dienone is 2. The molecule has 8 aromatic rings. The predicted molar refractivity (Wildman–Crippen MR) is 188 cm³/mol. The number of rotatable bonds is 2. The Morgan fingerprint density at radius 3 is 2.29 bits per heavy atom. The van der Waals surface area contributed by atoms with Crippen LogP contribution in [0.2, 0.25) is 0 Å². The molecule has 45 heavy (non-hydrogen) atoms. The van der Waals surface area contributed by atoms with Gasteiger partial charge in [-0.2, -0.15) is 0 Å². The zero-order valence-electron chi connectivity index (χ0n) is 24.9. The number of pyridine rings is 1. The average Bonchev–Trinajstić information content (AvgIpc) is 3.62. The van der Waals surface area contributed by atoms with Crippen LogP contribution < -0.4 is 4.90 Å². The third-order valence-electron chi connectivity index (χ3n) is 10.2. The SMILES string of the molecule is CC12C=C(c3ccccc3)C=CC1N(c1ccc3c(c1)c1ccccc1c1nc4ccccc4n31)c1c2ccc2ccccc12. The summed E-state index contributed by atoms with van der Waals surface area (Å²) in [5.41, 5.74) is 10.5. The van der Waals surface area contributed by atoms with E-state index in [4.69, 9.17) is 4.98 Å². The van der Waals surface area contributed by atoms with E-state index < -0.39 is 0 Å². The highest BCUT2D eigenvalue weighted by atomic mass is 15.2. The summed E-state index contributed by atoms with van der Waals surface area (Å²) < 4.78 is 2.34. The smallest absolute Gasteiger partial charge is 0.146 e. The van der Waals surface area contributed by atoms with Gasteiger partial charge in [-0.15, -0.1) is 0 Å². The summed E-state index contributed by atoms with van der Waals surface area (Å²) in [5.74, 6) is 0. The molecule has 212 valence electrons. The van der Waals surface area contributed by atoms with E-state index >= 15 is 0 Å². The highest BCUT2D eigenvalue weighted by Gasteiger charge is 2.48. The first kappa shape index (κ1) is 24.7. The number of imidazole rings is 1. The molecule has 2 aliphatic rings. The fourth-order valence-electron chi connectivity index (χ4n) is 8.08. The first-order valence-corrected chi connectivity index (χ1v) is 15.7. The number of benzene rings is 6. The van der Waals surface area contributed by atoms with Crippen molar-refractivity contribution in [3.05, 3.63) is 163 Å². The average molecular weight is 576 g/mol. The molecule has 0 amide bonds. The molecule has 0 bridgehead atoms. The first-order valence-electron chi connectivity index (χ1n) is 15.7. The van der Waals surface area contributed by atoms with Crippen molar-refractivity contribution in [1.29, 1.82) is 0 Å². The number of hydrogen-bond acceptors (Lipinski definition) is 2. The lowest BCUT2D eigenvalue weighted by atomic mass is 9.73. The van der Waals surface area contributed by atoms with Gasteiger partial charge in [0, 0.05) is 27.3 Å². The zero-order valence-corrected chi connectivity index (χ0v) is 24.9. The van der Waals surface area contributed by atoms with Gasteiger partial charge in [0.15, 0.2) is 0 Å². The molecule has 3 heteroatoms. The molecule has 2 unspecified atom stereocenters. The van der Waals surface area contributed by atoms with Crippen LogP contribution >= 0.6 is 0 Å². The minimum atomic E-state index is -0.208. The topological polar surface area (TPSA) is 20.5 Å². The van der Waals surface area contributed by atoms with Crippen LogP contribution in [0.15, 0.2) is 152 Å². The van der Waals surface area contributed by atoms with Crippen LogP contribution in [0.25, 0.3) is 54.7 Å². The molecule has 3 nitrogen and oxygen atoms in total. The second-order valence-corrected chi connectivity index (χ2v) is 12.6. The molecule has 2 atom stereocenters. The van der Waals surface area contributed by atoms with Gasteiger partial charge in [0.25, 0.3) is 0 Å². The van der Waals surface area contributed by atoms with Gasteiger partial charge in [0.2, 0.25) is 0 Å². The predicted octanol–water partition coefficient (Wildman–Crippen LogP) is 10.4. The number of anilines is 2. The molecule has 0 N–H and O–H groups in total. The number of nitrogens with zero attached hydrogens (tertiary/aromatic N) is 3. The van der Waals surface area contributed by atoms with Crippen LogP contribution in [0, 0.1) is 0 Å². The van der Waals surface area contributed by atoms with Crippen LogP contribution in [0.3, 0.4) is 0 Å². The maximum atomic E-state index is 5.09. The van der Waals surface area contributed by atoms with Gasteiger partial charge in [-0.25, -0.2) is 4.98 Å². The Bertz CT molecular complexity index is 2570. The van der Waals surface area contributed by atoms with Crippen LogP contribution in [0.1, 0.15) is 18.1 Å². The third kappa shape index (κ3) is 3.33. The van der Waals surface area contributed by atoms with Gasteiger partial charge in [0.1, 0.15) is 5.65 Å². The Hall–Kier alpha value is -5.67. The lowest BCUT2D eigenvalue weighted by Crippen LogP contribution is -2.39. The lowest BCUT2D eigenvalue weighted by Gasteiger charge is -2.36. The Kier molecular flexibility index (Phi) is 4.91. The molecule has 0 fully saturated rings. The van der Waals surface area contributed by atoms with Crippen molar-refractivity contribution >= 4 is 66.1 Å². The Morgan fingerprint density at radius 1 is 0.644 bits per heavy atom. The van der Waals surface area contributed by atoms with Gasteiger partial charge in [0.05, 0.1) is 28.3 Å². The van der Waals surface area contributed by atoms with E-state index in [1.807, 2.05) is 0 Å². The van der Waals surface area contributed by atoms with E-state index in [9.17, 15) is 0 Å². The largest absolute Gasteiger partial charge is 0.332 e. The van der Waals surface area contributed by atoms with Gasteiger partial charge in [-0.3, -0.25) is 4.40 Å². The van der Waals surface area contributed by atoms with E-state index in [0.717, 1.165) is 16.7 Å².